The highest BCUT2D eigenvalue weighted by Gasteiger charge is 2.37. The molecular weight excluding hydrogens is 218 g/mol. The molecule has 1 aliphatic heterocycles. The normalized spacial score (nSPS) is 27.2. The van der Waals surface area contributed by atoms with Gasteiger partial charge in [-0.15, -0.1) is 0 Å². The van der Waals surface area contributed by atoms with Gasteiger partial charge in [-0.1, -0.05) is 0 Å². The van der Waals surface area contributed by atoms with E-state index in [2.05, 4.69) is 42.2 Å². The van der Waals surface area contributed by atoms with E-state index in [0.29, 0.717) is 10.8 Å². The van der Waals surface area contributed by atoms with Gasteiger partial charge in [-0.25, -0.2) is 0 Å². The van der Waals surface area contributed by atoms with Crippen LogP contribution in [0.3, 0.4) is 0 Å². The van der Waals surface area contributed by atoms with Crippen molar-refractivity contribution in [1.29, 1.82) is 0 Å². The second kappa shape index (κ2) is 4.80. The third kappa shape index (κ3) is 2.43. The fraction of sp³-hybridized carbons (Fsp3) is 0.750. The molecular formula is C12H21N3S. The van der Waals surface area contributed by atoms with Gasteiger partial charge in [0.15, 0.2) is 0 Å². The monoisotopic (exact) mass is 239 g/mol. The highest BCUT2D eigenvalue weighted by atomic mass is 32.2. The molecule has 1 saturated heterocycles. The van der Waals surface area contributed by atoms with E-state index in [4.69, 9.17) is 0 Å². The van der Waals surface area contributed by atoms with Crippen molar-refractivity contribution in [2.75, 3.05) is 12.8 Å². The average molecular weight is 239 g/mol. The number of likely N-dealkylation sites (N-methyl/N-ethyl adjacent to an activating group) is 1. The number of aryl methyl sites for hydroxylation is 1. The van der Waals surface area contributed by atoms with E-state index in [9.17, 15) is 0 Å². The molecule has 4 heteroatoms. The molecule has 2 atom stereocenters. The van der Waals surface area contributed by atoms with Gasteiger partial charge in [0.2, 0.25) is 0 Å². The summed E-state index contributed by atoms with van der Waals surface area (Å²) in [5.74, 6) is 1.30. The van der Waals surface area contributed by atoms with Gasteiger partial charge >= 0.3 is 0 Å². The van der Waals surface area contributed by atoms with E-state index >= 15 is 0 Å². The molecule has 0 amide bonds. The third-order valence-corrected chi connectivity index (χ3v) is 5.16. The molecule has 1 aromatic rings. The molecule has 0 radical (unpaired) electrons. The van der Waals surface area contributed by atoms with Gasteiger partial charge in [0, 0.05) is 30.5 Å². The number of rotatable bonds is 4. The maximum Gasteiger partial charge on any atom is 0.0640 e. The predicted molar refractivity (Wildman–Crippen MR) is 69.9 cm³/mol. The SMILES string of the molecule is CNC(Cc1ccn(C)n1)C1(C)CCCS1. The molecule has 1 fully saturated rings. The van der Waals surface area contributed by atoms with E-state index < -0.39 is 0 Å². The molecule has 1 aliphatic rings. The Bertz CT molecular complexity index is 342. The molecule has 0 aromatic carbocycles. The smallest absolute Gasteiger partial charge is 0.0640 e. The zero-order chi connectivity index (χ0) is 11.6. The molecule has 90 valence electrons. The largest absolute Gasteiger partial charge is 0.315 e. The topological polar surface area (TPSA) is 29.9 Å². The highest BCUT2D eigenvalue weighted by Crippen LogP contribution is 2.41. The van der Waals surface area contributed by atoms with Crippen molar-refractivity contribution in [2.24, 2.45) is 7.05 Å². The van der Waals surface area contributed by atoms with Crippen LogP contribution < -0.4 is 5.32 Å². The van der Waals surface area contributed by atoms with Gasteiger partial charge < -0.3 is 5.32 Å². The number of hydrogen-bond acceptors (Lipinski definition) is 3. The maximum absolute atomic E-state index is 4.47. The number of aromatic nitrogens is 2. The highest BCUT2D eigenvalue weighted by molar-refractivity contribution is 8.00. The van der Waals surface area contributed by atoms with Gasteiger partial charge in [0.25, 0.3) is 0 Å². The van der Waals surface area contributed by atoms with Gasteiger partial charge in [-0.3, -0.25) is 4.68 Å². The standard InChI is InChI=1S/C12H21N3S/c1-12(6-4-8-16-12)11(13-2)9-10-5-7-15(3)14-10/h5,7,11,13H,4,6,8-9H2,1-3H3. The van der Waals surface area contributed by atoms with Crippen molar-refractivity contribution < 1.29 is 0 Å². The molecule has 1 N–H and O–H groups in total. The van der Waals surface area contributed by atoms with Crippen molar-refractivity contribution in [2.45, 2.75) is 37.0 Å². The number of hydrogen-bond donors (Lipinski definition) is 1. The van der Waals surface area contributed by atoms with Crippen LogP contribution in [-0.2, 0) is 13.5 Å². The molecule has 3 nitrogen and oxygen atoms in total. The summed E-state index contributed by atoms with van der Waals surface area (Å²) >= 11 is 2.11. The Balaban J connectivity index is 2.05. The minimum Gasteiger partial charge on any atom is -0.315 e. The van der Waals surface area contributed by atoms with Crippen LogP contribution in [0.15, 0.2) is 12.3 Å². The Hall–Kier alpha value is -0.480. The van der Waals surface area contributed by atoms with Gasteiger partial charge in [-0.05, 0) is 38.6 Å². The van der Waals surface area contributed by atoms with Crippen LogP contribution in [0.25, 0.3) is 0 Å². The summed E-state index contributed by atoms with van der Waals surface area (Å²) in [7, 11) is 4.04. The maximum atomic E-state index is 4.47. The van der Waals surface area contributed by atoms with E-state index in [-0.39, 0.29) is 0 Å². The Kier molecular flexibility index (Phi) is 3.60. The van der Waals surface area contributed by atoms with Gasteiger partial charge in [0.05, 0.1) is 5.69 Å². The molecule has 16 heavy (non-hydrogen) atoms. The summed E-state index contributed by atoms with van der Waals surface area (Å²) in [6.07, 6.45) is 5.71. The van der Waals surface area contributed by atoms with Crippen LogP contribution in [-0.4, -0.2) is 33.4 Å². The zero-order valence-electron chi connectivity index (χ0n) is 10.4. The lowest BCUT2D eigenvalue weighted by Crippen LogP contribution is -2.45. The molecule has 0 saturated carbocycles. The quantitative estimate of drug-likeness (QED) is 0.869. The van der Waals surface area contributed by atoms with Gasteiger partial charge in [-0.2, -0.15) is 16.9 Å². The summed E-state index contributed by atoms with van der Waals surface area (Å²) in [5, 5.41) is 7.94. The van der Waals surface area contributed by atoms with Crippen LogP contribution in [0, 0.1) is 0 Å². The van der Waals surface area contributed by atoms with E-state index in [1.165, 1.54) is 24.3 Å². The van der Waals surface area contributed by atoms with Crippen molar-refractivity contribution in [3.05, 3.63) is 18.0 Å². The van der Waals surface area contributed by atoms with Gasteiger partial charge in [0.1, 0.15) is 0 Å². The van der Waals surface area contributed by atoms with Crippen molar-refractivity contribution >= 4 is 11.8 Å². The van der Waals surface area contributed by atoms with Crippen LogP contribution in [0.1, 0.15) is 25.5 Å². The van der Waals surface area contributed by atoms with Crippen molar-refractivity contribution in [3.8, 4) is 0 Å². The molecule has 2 rings (SSSR count). The second-order valence-electron chi connectivity index (χ2n) is 4.79. The lowest BCUT2D eigenvalue weighted by atomic mass is 9.92. The summed E-state index contributed by atoms with van der Waals surface area (Å²) in [5.41, 5.74) is 1.19. The first-order chi connectivity index (χ1) is 7.64. The van der Waals surface area contributed by atoms with Crippen LogP contribution >= 0.6 is 11.8 Å². The first-order valence-corrected chi connectivity index (χ1v) is 6.92. The summed E-state index contributed by atoms with van der Waals surface area (Å²) in [6.45, 7) is 2.38. The molecule has 2 heterocycles. The predicted octanol–water partition coefficient (Wildman–Crippen LogP) is 1.84. The molecule has 0 spiro atoms. The first-order valence-electron chi connectivity index (χ1n) is 5.94. The van der Waals surface area contributed by atoms with E-state index in [1.54, 1.807) is 0 Å². The van der Waals surface area contributed by atoms with E-state index in [0.717, 1.165) is 6.42 Å². The van der Waals surface area contributed by atoms with Crippen molar-refractivity contribution in [1.82, 2.24) is 15.1 Å². The van der Waals surface area contributed by atoms with E-state index in [1.807, 2.05) is 17.9 Å². The lowest BCUT2D eigenvalue weighted by molar-refractivity contribution is 0.420. The number of thioether (sulfide) groups is 1. The molecule has 1 aromatic heterocycles. The zero-order valence-corrected chi connectivity index (χ0v) is 11.2. The van der Waals surface area contributed by atoms with Crippen molar-refractivity contribution in [3.63, 3.8) is 0 Å². The third-order valence-electron chi connectivity index (χ3n) is 3.52. The Labute approximate surface area is 102 Å². The Morgan fingerprint density at radius 2 is 2.50 bits per heavy atom. The lowest BCUT2D eigenvalue weighted by Gasteiger charge is -2.32. The first kappa shape index (κ1) is 12.0. The fourth-order valence-corrected chi connectivity index (χ4v) is 3.93. The summed E-state index contributed by atoms with van der Waals surface area (Å²) in [6, 6.07) is 2.64. The molecule has 0 aliphatic carbocycles. The number of nitrogens with one attached hydrogen (secondary N) is 1. The molecule has 2 unspecified atom stereocenters. The second-order valence-corrected chi connectivity index (χ2v) is 6.42. The minimum absolute atomic E-state index is 0.381. The fourth-order valence-electron chi connectivity index (χ4n) is 2.48. The number of nitrogens with zero attached hydrogens (tertiary/aromatic N) is 2. The Morgan fingerprint density at radius 1 is 1.69 bits per heavy atom. The molecule has 0 bridgehead atoms. The summed E-state index contributed by atoms with van der Waals surface area (Å²) in [4.78, 5) is 0. The Morgan fingerprint density at radius 3 is 3.00 bits per heavy atom. The summed E-state index contributed by atoms with van der Waals surface area (Å²) < 4.78 is 2.26. The van der Waals surface area contributed by atoms with Crippen LogP contribution in [0.4, 0.5) is 0 Å². The average Bonchev–Trinajstić information content (AvgIpc) is 2.85. The minimum atomic E-state index is 0.381. The van der Waals surface area contributed by atoms with Crippen LogP contribution in [0.5, 0.6) is 0 Å². The van der Waals surface area contributed by atoms with Crippen LogP contribution in [0.2, 0.25) is 0 Å².